The van der Waals surface area contributed by atoms with Gasteiger partial charge in [0.25, 0.3) is 0 Å². The van der Waals surface area contributed by atoms with Crippen molar-refractivity contribution in [2.75, 3.05) is 7.05 Å². The highest BCUT2D eigenvalue weighted by atomic mass is 32.1. The van der Waals surface area contributed by atoms with Gasteiger partial charge in [-0.25, -0.2) is 4.98 Å². The van der Waals surface area contributed by atoms with Crippen molar-refractivity contribution >= 4 is 22.3 Å². The Morgan fingerprint density at radius 2 is 2.00 bits per heavy atom. The van der Waals surface area contributed by atoms with Gasteiger partial charge in [0.05, 0.1) is 16.6 Å². The molecule has 0 aliphatic carbocycles. The molecular formula is C20H20N2O2S. The maximum atomic E-state index is 6.00. The van der Waals surface area contributed by atoms with Crippen molar-refractivity contribution in [3.63, 3.8) is 0 Å². The predicted octanol–water partition coefficient (Wildman–Crippen LogP) is 5.65. The van der Waals surface area contributed by atoms with E-state index in [1.54, 1.807) is 11.3 Å². The molecule has 1 unspecified atom stereocenters. The second kappa shape index (κ2) is 6.50. The van der Waals surface area contributed by atoms with Gasteiger partial charge in [-0.05, 0) is 44.5 Å². The number of rotatable bonds is 5. The standard InChI is InChI=1S/C20H20N2O2S/c1-13(18-11-15-7-4-5-8-17(15)24-18)22(3)12-16-14(2)23-20(21-16)19-9-6-10-25-19/h4-11,13H,12H2,1-3H3. The van der Waals surface area contributed by atoms with E-state index in [4.69, 9.17) is 8.83 Å². The molecule has 3 heterocycles. The van der Waals surface area contributed by atoms with Crippen molar-refractivity contribution < 1.29 is 8.83 Å². The second-order valence-electron chi connectivity index (χ2n) is 6.28. The maximum absolute atomic E-state index is 6.00. The van der Waals surface area contributed by atoms with Crippen LogP contribution < -0.4 is 0 Å². The third-order valence-electron chi connectivity index (χ3n) is 4.54. The van der Waals surface area contributed by atoms with Crippen LogP contribution in [0.25, 0.3) is 21.7 Å². The summed E-state index contributed by atoms with van der Waals surface area (Å²) in [7, 11) is 2.08. The first-order chi connectivity index (χ1) is 12.1. The van der Waals surface area contributed by atoms with Crippen molar-refractivity contribution in [3.8, 4) is 10.8 Å². The molecule has 0 saturated heterocycles. The average molecular weight is 352 g/mol. The Bertz CT molecular complexity index is 951. The molecule has 0 amide bonds. The molecule has 0 N–H and O–H groups in total. The summed E-state index contributed by atoms with van der Waals surface area (Å²) in [6.45, 7) is 4.82. The number of aryl methyl sites for hydroxylation is 1. The first-order valence-electron chi connectivity index (χ1n) is 8.30. The SMILES string of the molecule is Cc1oc(-c2cccs2)nc1CN(C)C(C)c1cc2ccccc2o1. The first-order valence-corrected chi connectivity index (χ1v) is 9.18. The monoisotopic (exact) mass is 352 g/mol. The van der Waals surface area contributed by atoms with Crippen LogP contribution in [0.2, 0.25) is 0 Å². The molecule has 0 aliphatic rings. The van der Waals surface area contributed by atoms with E-state index in [0.717, 1.165) is 33.1 Å². The van der Waals surface area contributed by atoms with Crippen LogP contribution in [-0.2, 0) is 6.54 Å². The largest absolute Gasteiger partial charge is 0.459 e. The number of para-hydroxylation sites is 1. The molecule has 0 aliphatic heterocycles. The minimum absolute atomic E-state index is 0.147. The molecule has 4 nitrogen and oxygen atoms in total. The third kappa shape index (κ3) is 3.13. The zero-order valence-corrected chi connectivity index (χ0v) is 15.3. The molecule has 0 fully saturated rings. The molecule has 4 aromatic rings. The van der Waals surface area contributed by atoms with Gasteiger partial charge in [0, 0.05) is 11.9 Å². The van der Waals surface area contributed by atoms with Gasteiger partial charge in [0.1, 0.15) is 17.1 Å². The summed E-state index contributed by atoms with van der Waals surface area (Å²) < 4.78 is 11.8. The number of aromatic nitrogens is 1. The summed E-state index contributed by atoms with van der Waals surface area (Å²) in [5.74, 6) is 2.53. The van der Waals surface area contributed by atoms with Gasteiger partial charge in [-0.2, -0.15) is 0 Å². The number of hydrogen-bond donors (Lipinski definition) is 0. The van der Waals surface area contributed by atoms with Crippen molar-refractivity contribution in [2.45, 2.75) is 26.4 Å². The quantitative estimate of drug-likeness (QED) is 0.465. The Morgan fingerprint density at radius 1 is 1.16 bits per heavy atom. The van der Waals surface area contributed by atoms with E-state index in [-0.39, 0.29) is 6.04 Å². The molecule has 1 aromatic carbocycles. The Balaban J connectivity index is 1.54. The van der Waals surface area contributed by atoms with Crippen LogP contribution in [0.15, 0.2) is 56.7 Å². The van der Waals surface area contributed by atoms with E-state index in [2.05, 4.69) is 36.0 Å². The normalized spacial score (nSPS) is 13.0. The molecule has 4 rings (SSSR count). The van der Waals surface area contributed by atoms with Gasteiger partial charge in [-0.15, -0.1) is 11.3 Å². The molecule has 0 bridgehead atoms. The topological polar surface area (TPSA) is 42.4 Å². The highest BCUT2D eigenvalue weighted by Gasteiger charge is 2.20. The molecule has 3 aromatic heterocycles. The van der Waals surface area contributed by atoms with Crippen LogP contribution in [0.3, 0.4) is 0 Å². The summed E-state index contributed by atoms with van der Waals surface area (Å²) in [4.78, 5) is 7.96. The smallest absolute Gasteiger partial charge is 0.236 e. The fraction of sp³-hybridized carbons (Fsp3) is 0.250. The van der Waals surface area contributed by atoms with Gasteiger partial charge in [0.2, 0.25) is 5.89 Å². The minimum atomic E-state index is 0.147. The summed E-state index contributed by atoms with van der Waals surface area (Å²) in [5, 5.41) is 3.17. The highest BCUT2D eigenvalue weighted by Crippen LogP contribution is 2.30. The van der Waals surface area contributed by atoms with Crippen LogP contribution >= 0.6 is 11.3 Å². The zero-order chi connectivity index (χ0) is 17.4. The lowest BCUT2D eigenvalue weighted by Crippen LogP contribution is -2.22. The summed E-state index contributed by atoms with van der Waals surface area (Å²) in [6, 6.07) is 14.4. The van der Waals surface area contributed by atoms with Crippen LogP contribution in [0.1, 0.15) is 30.2 Å². The van der Waals surface area contributed by atoms with Gasteiger partial charge in [-0.1, -0.05) is 24.3 Å². The van der Waals surface area contributed by atoms with E-state index >= 15 is 0 Å². The number of oxazole rings is 1. The Kier molecular flexibility index (Phi) is 4.19. The second-order valence-corrected chi connectivity index (χ2v) is 7.22. The molecule has 25 heavy (non-hydrogen) atoms. The summed E-state index contributed by atoms with van der Waals surface area (Å²) >= 11 is 1.64. The molecular weight excluding hydrogens is 332 g/mol. The van der Waals surface area contributed by atoms with Crippen LogP contribution in [0.4, 0.5) is 0 Å². The maximum Gasteiger partial charge on any atom is 0.236 e. The van der Waals surface area contributed by atoms with E-state index < -0.39 is 0 Å². The third-order valence-corrected chi connectivity index (χ3v) is 5.40. The van der Waals surface area contributed by atoms with E-state index in [0.29, 0.717) is 12.4 Å². The highest BCUT2D eigenvalue weighted by molar-refractivity contribution is 7.13. The van der Waals surface area contributed by atoms with E-state index in [9.17, 15) is 0 Å². The number of fused-ring (bicyclic) bond motifs is 1. The minimum Gasteiger partial charge on any atom is -0.459 e. The van der Waals surface area contributed by atoms with E-state index in [1.165, 1.54) is 0 Å². The lowest BCUT2D eigenvalue weighted by atomic mass is 10.2. The molecule has 128 valence electrons. The zero-order valence-electron chi connectivity index (χ0n) is 14.5. The summed E-state index contributed by atoms with van der Waals surface area (Å²) in [5.41, 5.74) is 1.89. The van der Waals surface area contributed by atoms with Crippen molar-refractivity contribution in [1.29, 1.82) is 0 Å². The Hall–Kier alpha value is -2.37. The molecule has 0 radical (unpaired) electrons. The first kappa shape index (κ1) is 16.1. The average Bonchev–Trinajstić information content (AvgIpc) is 3.33. The van der Waals surface area contributed by atoms with Crippen LogP contribution in [0.5, 0.6) is 0 Å². The lowest BCUT2D eigenvalue weighted by Gasteiger charge is -2.21. The molecule has 0 saturated carbocycles. The lowest BCUT2D eigenvalue weighted by molar-refractivity contribution is 0.223. The fourth-order valence-corrected chi connectivity index (χ4v) is 3.53. The number of furan rings is 1. The van der Waals surface area contributed by atoms with Gasteiger partial charge in [0.15, 0.2) is 0 Å². The van der Waals surface area contributed by atoms with Gasteiger partial charge < -0.3 is 8.83 Å². The van der Waals surface area contributed by atoms with Gasteiger partial charge in [-0.3, -0.25) is 4.90 Å². The van der Waals surface area contributed by atoms with Crippen molar-refractivity contribution in [2.24, 2.45) is 0 Å². The number of benzene rings is 1. The van der Waals surface area contributed by atoms with Crippen molar-refractivity contribution in [1.82, 2.24) is 9.88 Å². The molecule has 5 heteroatoms. The van der Waals surface area contributed by atoms with Crippen LogP contribution in [0, 0.1) is 6.92 Å². The van der Waals surface area contributed by atoms with E-state index in [1.807, 2.05) is 42.6 Å². The fourth-order valence-electron chi connectivity index (χ4n) is 2.88. The Labute approximate surface area is 150 Å². The molecule has 1 atom stereocenters. The Morgan fingerprint density at radius 3 is 2.76 bits per heavy atom. The number of thiophene rings is 1. The van der Waals surface area contributed by atoms with Gasteiger partial charge >= 0.3 is 0 Å². The number of nitrogens with zero attached hydrogens (tertiary/aromatic N) is 2. The number of hydrogen-bond acceptors (Lipinski definition) is 5. The summed E-state index contributed by atoms with van der Waals surface area (Å²) in [6.07, 6.45) is 0. The van der Waals surface area contributed by atoms with Crippen molar-refractivity contribution in [3.05, 3.63) is 65.1 Å². The predicted molar refractivity (Wildman–Crippen MR) is 101 cm³/mol. The molecule has 0 spiro atoms. The van der Waals surface area contributed by atoms with Crippen LogP contribution in [-0.4, -0.2) is 16.9 Å².